The molecule has 0 saturated heterocycles. The zero-order valence-corrected chi connectivity index (χ0v) is 9.53. The largest absolute Gasteiger partial charge is 0.309 e. The van der Waals surface area contributed by atoms with Crippen molar-refractivity contribution in [2.45, 2.75) is 39.8 Å². The average molecular weight is 197 g/mol. The van der Waals surface area contributed by atoms with Gasteiger partial charge in [0.25, 0.3) is 0 Å². The van der Waals surface area contributed by atoms with E-state index in [9.17, 15) is 0 Å². The monoisotopic (exact) mass is 197 g/mol. The highest BCUT2D eigenvalue weighted by Gasteiger charge is 2.08. The summed E-state index contributed by atoms with van der Waals surface area (Å²) >= 11 is 1.82. The summed E-state index contributed by atoms with van der Waals surface area (Å²) in [5.74, 6) is 0.764. The SMILES string of the molecule is CC[C@@H](C)[C@@H](C)NCc1cccs1. The van der Waals surface area contributed by atoms with Crippen LogP contribution in [0.25, 0.3) is 0 Å². The molecule has 0 bridgehead atoms. The van der Waals surface area contributed by atoms with Crippen LogP contribution in [0.3, 0.4) is 0 Å². The highest BCUT2D eigenvalue weighted by Crippen LogP contribution is 2.11. The van der Waals surface area contributed by atoms with Crippen molar-refractivity contribution in [1.29, 1.82) is 0 Å². The van der Waals surface area contributed by atoms with Gasteiger partial charge in [-0.1, -0.05) is 26.3 Å². The molecule has 0 saturated carbocycles. The summed E-state index contributed by atoms with van der Waals surface area (Å²) in [5, 5.41) is 5.68. The third-order valence-corrected chi connectivity index (χ3v) is 3.55. The second kappa shape index (κ2) is 5.40. The lowest BCUT2D eigenvalue weighted by Gasteiger charge is -2.19. The maximum Gasteiger partial charge on any atom is 0.0302 e. The molecule has 1 aromatic heterocycles. The maximum atomic E-state index is 3.55. The Morgan fingerprint density at radius 3 is 2.77 bits per heavy atom. The van der Waals surface area contributed by atoms with E-state index in [4.69, 9.17) is 0 Å². The molecule has 0 aliphatic rings. The minimum atomic E-state index is 0.618. The van der Waals surface area contributed by atoms with Crippen LogP contribution >= 0.6 is 11.3 Å². The molecule has 0 aromatic carbocycles. The van der Waals surface area contributed by atoms with Crippen LogP contribution in [0.2, 0.25) is 0 Å². The standard InChI is InChI=1S/C11H19NS/c1-4-9(2)10(3)12-8-11-6-5-7-13-11/h5-7,9-10,12H,4,8H2,1-3H3/t9-,10-/m1/s1. The average Bonchev–Trinajstić information content (AvgIpc) is 2.65. The Morgan fingerprint density at radius 1 is 1.46 bits per heavy atom. The summed E-state index contributed by atoms with van der Waals surface area (Å²) in [5.41, 5.74) is 0. The molecule has 1 heterocycles. The van der Waals surface area contributed by atoms with E-state index in [2.05, 4.69) is 43.6 Å². The lowest BCUT2D eigenvalue weighted by molar-refractivity contribution is 0.391. The third-order valence-electron chi connectivity index (χ3n) is 2.68. The molecule has 2 heteroatoms. The Hall–Kier alpha value is -0.340. The molecule has 0 spiro atoms. The van der Waals surface area contributed by atoms with Crippen molar-refractivity contribution in [2.24, 2.45) is 5.92 Å². The van der Waals surface area contributed by atoms with Gasteiger partial charge in [0.2, 0.25) is 0 Å². The highest BCUT2D eigenvalue weighted by atomic mass is 32.1. The molecule has 0 amide bonds. The van der Waals surface area contributed by atoms with E-state index in [0.29, 0.717) is 6.04 Å². The van der Waals surface area contributed by atoms with E-state index in [-0.39, 0.29) is 0 Å². The van der Waals surface area contributed by atoms with Crippen LogP contribution in [-0.2, 0) is 6.54 Å². The fourth-order valence-corrected chi connectivity index (χ4v) is 1.89. The van der Waals surface area contributed by atoms with Crippen molar-refractivity contribution < 1.29 is 0 Å². The first kappa shape index (κ1) is 10.7. The van der Waals surface area contributed by atoms with Crippen LogP contribution in [-0.4, -0.2) is 6.04 Å². The molecule has 0 aliphatic carbocycles. The van der Waals surface area contributed by atoms with E-state index in [0.717, 1.165) is 12.5 Å². The summed E-state index contributed by atoms with van der Waals surface area (Å²) in [4.78, 5) is 1.43. The minimum Gasteiger partial charge on any atom is -0.309 e. The summed E-state index contributed by atoms with van der Waals surface area (Å²) in [6, 6.07) is 4.91. The second-order valence-corrected chi connectivity index (χ2v) is 4.67. The Balaban J connectivity index is 2.26. The van der Waals surface area contributed by atoms with Crippen LogP contribution in [0.1, 0.15) is 32.1 Å². The van der Waals surface area contributed by atoms with Gasteiger partial charge in [-0.05, 0) is 24.3 Å². The zero-order valence-electron chi connectivity index (χ0n) is 8.71. The molecule has 1 aromatic rings. The molecule has 0 unspecified atom stereocenters. The molecule has 13 heavy (non-hydrogen) atoms. The first-order valence-electron chi connectivity index (χ1n) is 4.99. The van der Waals surface area contributed by atoms with Crippen molar-refractivity contribution in [3.8, 4) is 0 Å². The van der Waals surface area contributed by atoms with Gasteiger partial charge in [0.15, 0.2) is 0 Å². The van der Waals surface area contributed by atoms with E-state index in [1.165, 1.54) is 11.3 Å². The summed E-state index contributed by atoms with van der Waals surface area (Å²) in [6.45, 7) is 7.82. The van der Waals surface area contributed by atoms with Gasteiger partial charge < -0.3 is 5.32 Å². The molecular weight excluding hydrogens is 178 g/mol. The smallest absolute Gasteiger partial charge is 0.0302 e. The summed E-state index contributed by atoms with van der Waals surface area (Å²) in [6.07, 6.45) is 1.25. The van der Waals surface area contributed by atoms with Crippen molar-refractivity contribution in [3.05, 3.63) is 22.4 Å². The highest BCUT2D eigenvalue weighted by molar-refractivity contribution is 7.09. The molecule has 0 radical (unpaired) electrons. The van der Waals surface area contributed by atoms with Crippen LogP contribution in [0.5, 0.6) is 0 Å². The Labute approximate surface area is 85.2 Å². The quantitative estimate of drug-likeness (QED) is 0.764. The Morgan fingerprint density at radius 2 is 2.23 bits per heavy atom. The number of thiophene rings is 1. The summed E-state index contributed by atoms with van der Waals surface area (Å²) in [7, 11) is 0. The van der Waals surface area contributed by atoms with Crippen LogP contribution in [0.15, 0.2) is 17.5 Å². The molecular formula is C11H19NS. The Bertz CT molecular complexity index is 218. The van der Waals surface area contributed by atoms with Gasteiger partial charge in [-0.3, -0.25) is 0 Å². The van der Waals surface area contributed by atoms with Gasteiger partial charge in [-0.2, -0.15) is 0 Å². The number of nitrogens with one attached hydrogen (secondary N) is 1. The fraction of sp³-hybridized carbons (Fsp3) is 0.636. The van der Waals surface area contributed by atoms with Gasteiger partial charge in [-0.15, -0.1) is 11.3 Å². The van der Waals surface area contributed by atoms with E-state index < -0.39 is 0 Å². The lowest BCUT2D eigenvalue weighted by Crippen LogP contribution is -2.30. The van der Waals surface area contributed by atoms with Crippen molar-refractivity contribution in [1.82, 2.24) is 5.32 Å². The first-order valence-corrected chi connectivity index (χ1v) is 5.87. The van der Waals surface area contributed by atoms with Crippen molar-refractivity contribution >= 4 is 11.3 Å². The number of hydrogen-bond donors (Lipinski definition) is 1. The van der Waals surface area contributed by atoms with E-state index in [1.807, 2.05) is 11.3 Å². The summed E-state index contributed by atoms with van der Waals surface area (Å²) < 4.78 is 0. The maximum absolute atomic E-state index is 3.55. The number of rotatable bonds is 5. The van der Waals surface area contributed by atoms with Gasteiger partial charge in [0.05, 0.1) is 0 Å². The lowest BCUT2D eigenvalue weighted by atomic mass is 10.0. The van der Waals surface area contributed by atoms with E-state index in [1.54, 1.807) is 0 Å². The molecule has 0 fully saturated rings. The van der Waals surface area contributed by atoms with Gasteiger partial charge >= 0.3 is 0 Å². The predicted molar refractivity (Wildman–Crippen MR) is 60.1 cm³/mol. The Kier molecular flexibility index (Phi) is 4.46. The second-order valence-electron chi connectivity index (χ2n) is 3.63. The fourth-order valence-electron chi connectivity index (χ4n) is 1.23. The molecule has 0 aliphatic heterocycles. The normalized spacial score (nSPS) is 15.6. The topological polar surface area (TPSA) is 12.0 Å². The van der Waals surface area contributed by atoms with Crippen LogP contribution < -0.4 is 5.32 Å². The molecule has 2 atom stereocenters. The van der Waals surface area contributed by atoms with Gasteiger partial charge in [-0.25, -0.2) is 0 Å². The molecule has 1 rings (SSSR count). The first-order chi connectivity index (χ1) is 6.24. The van der Waals surface area contributed by atoms with E-state index >= 15 is 0 Å². The van der Waals surface area contributed by atoms with Crippen LogP contribution in [0, 0.1) is 5.92 Å². The van der Waals surface area contributed by atoms with Crippen LogP contribution in [0.4, 0.5) is 0 Å². The van der Waals surface area contributed by atoms with Crippen molar-refractivity contribution in [3.63, 3.8) is 0 Å². The third kappa shape index (κ3) is 3.49. The molecule has 1 N–H and O–H groups in total. The predicted octanol–water partition coefficient (Wildman–Crippen LogP) is 3.27. The zero-order chi connectivity index (χ0) is 9.68. The number of hydrogen-bond acceptors (Lipinski definition) is 2. The molecule has 74 valence electrons. The van der Waals surface area contributed by atoms with Gasteiger partial charge in [0, 0.05) is 17.5 Å². The van der Waals surface area contributed by atoms with Gasteiger partial charge in [0.1, 0.15) is 0 Å². The molecule has 1 nitrogen and oxygen atoms in total. The van der Waals surface area contributed by atoms with Crippen molar-refractivity contribution in [2.75, 3.05) is 0 Å². The minimum absolute atomic E-state index is 0.618.